The van der Waals surface area contributed by atoms with E-state index < -0.39 is 0 Å². The standard InChI is InChI=1S/C21H29N5O/c1-16-5-3-4-10-26(16)20-14-25(15-20)12-17-6-8-18(9-7-17)21(27)23-19-11-22-24(2)13-19/h6-9,11,13,16,20H,3-5,10,12,14-15H2,1-2H3,(H,23,27)/t16-/m0/s1. The van der Waals surface area contributed by atoms with E-state index in [4.69, 9.17) is 0 Å². The van der Waals surface area contributed by atoms with E-state index >= 15 is 0 Å². The van der Waals surface area contributed by atoms with Gasteiger partial charge in [0.1, 0.15) is 0 Å². The number of likely N-dealkylation sites (tertiary alicyclic amines) is 2. The molecule has 4 rings (SSSR count). The topological polar surface area (TPSA) is 53.4 Å². The molecule has 0 unspecified atom stereocenters. The molecule has 1 N–H and O–H groups in total. The molecule has 2 aliphatic heterocycles. The smallest absolute Gasteiger partial charge is 0.255 e. The van der Waals surface area contributed by atoms with Crippen molar-refractivity contribution in [2.75, 3.05) is 25.0 Å². The first-order valence-electron chi connectivity index (χ1n) is 9.95. The molecule has 0 bridgehead atoms. The van der Waals surface area contributed by atoms with Crippen LogP contribution in [-0.2, 0) is 13.6 Å². The first-order chi connectivity index (χ1) is 13.1. The van der Waals surface area contributed by atoms with Gasteiger partial charge in [-0.1, -0.05) is 18.6 Å². The second kappa shape index (κ2) is 7.82. The Balaban J connectivity index is 1.27. The molecule has 1 aromatic heterocycles. The summed E-state index contributed by atoms with van der Waals surface area (Å²) < 4.78 is 1.67. The van der Waals surface area contributed by atoms with Crippen molar-refractivity contribution in [1.29, 1.82) is 0 Å². The largest absolute Gasteiger partial charge is 0.319 e. The molecule has 3 heterocycles. The summed E-state index contributed by atoms with van der Waals surface area (Å²) in [7, 11) is 1.83. The Bertz CT molecular complexity index is 778. The van der Waals surface area contributed by atoms with Gasteiger partial charge in [-0.05, 0) is 44.0 Å². The fourth-order valence-electron chi connectivity index (χ4n) is 4.25. The Morgan fingerprint density at radius 2 is 2.00 bits per heavy atom. The number of aromatic nitrogens is 2. The summed E-state index contributed by atoms with van der Waals surface area (Å²) in [6, 6.07) is 9.41. The maximum atomic E-state index is 12.3. The minimum Gasteiger partial charge on any atom is -0.319 e. The van der Waals surface area contributed by atoms with E-state index in [2.05, 4.69) is 39.3 Å². The third-order valence-corrected chi connectivity index (χ3v) is 5.85. The average molecular weight is 367 g/mol. The second-order valence-electron chi connectivity index (χ2n) is 7.98. The summed E-state index contributed by atoms with van der Waals surface area (Å²) in [6.07, 6.45) is 7.52. The fraction of sp³-hybridized carbons (Fsp3) is 0.524. The van der Waals surface area contributed by atoms with Crippen LogP contribution >= 0.6 is 0 Å². The number of nitrogens with zero attached hydrogens (tertiary/aromatic N) is 4. The van der Waals surface area contributed by atoms with E-state index in [9.17, 15) is 4.79 Å². The van der Waals surface area contributed by atoms with E-state index in [-0.39, 0.29) is 5.91 Å². The van der Waals surface area contributed by atoms with E-state index in [1.165, 1.54) is 31.4 Å². The van der Waals surface area contributed by atoms with Crippen LogP contribution in [0.5, 0.6) is 0 Å². The Hall–Kier alpha value is -2.18. The number of benzene rings is 1. The SMILES string of the molecule is C[C@H]1CCCCN1C1CN(Cc2ccc(C(=O)Nc3cnn(C)c3)cc2)C1. The number of rotatable bonds is 5. The minimum atomic E-state index is -0.0994. The van der Waals surface area contributed by atoms with Crippen LogP contribution in [0.1, 0.15) is 42.1 Å². The number of hydrogen-bond donors (Lipinski definition) is 1. The van der Waals surface area contributed by atoms with Gasteiger partial charge in [0.15, 0.2) is 0 Å². The predicted molar refractivity (Wildman–Crippen MR) is 107 cm³/mol. The van der Waals surface area contributed by atoms with Crippen LogP contribution in [0.2, 0.25) is 0 Å². The summed E-state index contributed by atoms with van der Waals surface area (Å²) in [5, 5.41) is 6.93. The molecule has 2 saturated heterocycles. The molecular weight excluding hydrogens is 338 g/mol. The van der Waals surface area contributed by atoms with Gasteiger partial charge in [0, 0.05) is 50.5 Å². The second-order valence-corrected chi connectivity index (χ2v) is 7.98. The van der Waals surface area contributed by atoms with Gasteiger partial charge in [-0.2, -0.15) is 5.10 Å². The lowest BCUT2D eigenvalue weighted by molar-refractivity contribution is -0.00620. The molecule has 1 amide bonds. The number of piperidine rings is 1. The monoisotopic (exact) mass is 367 g/mol. The highest BCUT2D eigenvalue weighted by molar-refractivity contribution is 6.04. The Kier molecular flexibility index (Phi) is 5.27. The van der Waals surface area contributed by atoms with E-state index in [0.717, 1.165) is 31.7 Å². The molecule has 2 fully saturated rings. The molecule has 144 valence electrons. The molecule has 1 aromatic carbocycles. The van der Waals surface area contributed by atoms with Gasteiger partial charge in [-0.25, -0.2) is 0 Å². The lowest BCUT2D eigenvalue weighted by Gasteiger charge is -2.49. The van der Waals surface area contributed by atoms with Gasteiger partial charge in [0.25, 0.3) is 5.91 Å². The molecule has 0 spiro atoms. The Labute approximate surface area is 161 Å². The van der Waals surface area contributed by atoms with Crippen LogP contribution in [0.3, 0.4) is 0 Å². The average Bonchev–Trinajstić information content (AvgIpc) is 3.04. The van der Waals surface area contributed by atoms with Crippen LogP contribution in [0.25, 0.3) is 0 Å². The van der Waals surface area contributed by atoms with Crippen molar-refractivity contribution >= 4 is 11.6 Å². The maximum absolute atomic E-state index is 12.3. The van der Waals surface area contributed by atoms with Gasteiger partial charge in [-0.3, -0.25) is 19.3 Å². The van der Waals surface area contributed by atoms with Gasteiger partial charge >= 0.3 is 0 Å². The molecular formula is C21H29N5O. The van der Waals surface area contributed by atoms with Gasteiger partial charge < -0.3 is 5.32 Å². The van der Waals surface area contributed by atoms with E-state index in [1.807, 2.05) is 19.2 Å². The number of hydrogen-bond acceptors (Lipinski definition) is 4. The van der Waals surface area contributed by atoms with Crippen LogP contribution < -0.4 is 5.32 Å². The summed E-state index contributed by atoms with van der Waals surface area (Å²) in [6.45, 7) is 6.92. The zero-order valence-electron chi connectivity index (χ0n) is 16.3. The molecule has 2 aliphatic rings. The first kappa shape index (κ1) is 18.2. The number of carbonyl (C=O) groups is 1. The summed E-state index contributed by atoms with van der Waals surface area (Å²) in [5.74, 6) is -0.0994. The maximum Gasteiger partial charge on any atom is 0.255 e. The quantitative estimate of drug-likeness (QED) is 0.883. The van der Waals surface area contributed by atoms with E-state index in [1.54, 1.807) is 17.1 Å². The lowest BCUT2D eigenvalue weighted by atomic mass is 9.97. The third-order valence-electron chi connectivity index (χ3n) is 5.85. The predicted octanol–water partition coefficient (Wildman–Crippen LogP) is 2.73. The Morgan fingerprint density at radius 3 is 2.67 bits per heavy atom. The molecule has 2 aromatic rings. The van der Waals surface area contributed by atoms with Crippen molar-refractivity contribution in [2.45, 2.75) is 44.8 Å². The number of aryl methyl sites for hydroxylation is 1. The fourth-order valence-corrected chi connectivity index (χ4v) is 4.25. The zero-order valence-corrected chi connectivity index (χ0v) is 16.3. The van der Waals surface area contributed by atoms with Gasteiger partial charge in [-0.15, -0.1) is 0 Å². The minimum absolute atomic E-state index is 0.0994. The number of anilines is 1. The highest BCUT2D eigenvalue weighted by Gasteiger charge is 2.34. The molecule has 6 nitrogen and oxygen atoms in total. The van der Waals surface area contributed by atoms with Crippen molar-refractivity contribution in [3.05, 3.63) is 47.8 Å². The van der Waals surface area contributed by atoms with Crippen molar-refractivity contribution in [1.82, 2.24) is 19.6 Å². The highest BCUT2D eigenvalue weighted by atomic mass is 16.1. The summed E-state index contributed by atoms with van der Waals surface area (Å²) >= 11 is 0. The van der Waals surface area contributed by atoms with Crippen molar-refractivity contribution in [2.24, 2.45) is 7.05 Å². The highest BCUT2D eigenvalue weighted by Crippen LogP contribution is 2.25. The van der Waals surface area contributed by atoms with Gasteiger partial charge in [0.2, 0.25) is 0 Å². The molecule has 1 atom stereocenters. The van der Waals surface area contributed by atoms with Crippen LogP contribution in [0, 0.1) is 0 Å². The number of amides is 1. The van der Waals surface area contributed by atoms with Crippen molar-refractivity contribution < 1.29 is 4.79 Å². The normalized spacial score (nSPS) is 21.8. The van der Waals surface area contributed by atoms with Crippen LogP contribution in [0.4, 0.5) is 5.69 Å². The number of carbonyl (C=O) groups excluding carboxylic acids is 1. The van der Waals surface area contributed by atoms with Crippen LogP contribution in [0.15, 0.2) is 36.7 Å². The Morgan fingerprint density at radius 1 is 1.22 bits per heavy atom. The molecule has 0 aliphatic carbocycles. The summed E-state index contributed by atoms with van der Waals surface area (Å²) in [4.78, 5) is 17.5. The van der Waals surface area contributed by atoms with Crippen molar-refractivity contribution in [3.8, 4) is 0 Å². The molecule has 0 saturated carbocycles. The van der Waals surface area contributed by atoms with Gasteiger partial charge in [0.05, 0.1) is 11.9 Å². The first-order valence-corrected chi connectivity index (χ1v) is 9.95. The zero-order chi connectivity index (χ0) is 18.8. The molecule has 6 heteroatoms. The third kappa shape index (κ3) is 4.22. The molecule has 0 radical (unpaired) electrons. The van der Waals surface area contributed by atoms with Crippen molar-refractivity contribution in [3.63, 3.8) is 0 Å². The van der Waals surface area contributed by atoms with Crippen LogP contribution in [-0.4, -0.2) is 57.2 Å². The molecule has 27 heavy (non-hydrogen) atoms. The van der Waals surface area contributed by atoms with E-state index in [0.29, 0.717) is 11.3 Å². The lowest BCUT2D eigenvalue weighted by Crippen LogP contribution is -2.61. The summed E-state index contributed by atoms with van der Waals surface area (Å²) in [5.41, 5.74) is 2.65. The number of nitrogens with one attached hydrogen (secondary N) is 1.